The van der Waals surface area contributed by atoms with Gasteiger partial charge in [0.15, 0.2) is 0 Å². The van der Waals surface area contributed by atoms with Gasteiger partial charge in [-0.1, -0.05) is 39.3 Å². The zero-order chi connectivity index (χ0) is 27.6. The van der Waals surface area contributed by atoms with E-state index in [1.807, 2.05) is 18.7 Å². The predicted molar refractivity (Wildman–Crippen MR) is 144 cm³/mol. The summed E-state index contributed by atoms with van der Waals surface area (Å²) >= 11 is 0. The van der Waals surface area contributed by atoms with Crippen molar-refractivity contribution >= 4 is 37.5 Å². The van der Waals surface area contributed by atoms with Crippen LogP contribution in [0.25, 0.3) is 0 Å². The number of rotatable bonds is 10. The van der Waals surface area contributed by atoms with E-state index in [-0.39, 0.29) is 17.5 Å². The van der Waals surface area contributed by atoms with E-state index >= 15 is 0 Å². The topological polar surface area (TPSA) is 124 Å². The molecular weight excluding hydrogens is 516 g/mol. The molecule has 2 heterocycles. The van der Waals surface area contributed by atoms with Gasteiger partial charge < -0.3 is 10.2 Å². The first-order valence-electron chi connectivity index (χ1n) is 12.8. The second kappa shape index (κ2) is 11.3. The highest BCUT2D eigenvalue weighted by atomic mass is 32.3. The molecule has 1 spiro atoms. The Morgan fingerprint density at radius 2 is 1.59 bits per heavy atom. The summed E-state index contributed by atoms with van der Waals surface area (Å²) in [5.74, 6) is 0.262. The number of unbranched alkanes of at least 4 members (excludes halogenated alkanes) is 1. The molecule has 2 aliphatic rings. The highest BCUT2D eigenvalue weighted by Crippen LogP contribution is 2.35. The molecule has 0 saturated carbocycles. The highest BCUT2D eigenvalue weighted by Gasteiger charge is 2.53. The maximum Gasteiger partial charge on any atom is 0.246 e. The van der Waals surface area contributed by atoms with Gasteiger partial charge in [-0.05, 0) is 49.3 Å². The summed E-state index contributed by atoms with van der Waals surface area (Å²) in [4.78, 5) is 30.8. The van der Waals surface area contributed by atoms with E-state index in [2.05, 4.69) is 17.1 Å². The van der Waals surface area contributed by atoms with Gasteiger partial charge in [-0.15, -0.1) is 0 Å². The Kier molecular flexibility index (Phi) is 8.96. The number of hydrogen-bond acceptors (Lipinski definition) is 7. The second-order valence-electron chi connectivity index (χ2n) is 10.7. The molecule has 2 amide bonds. The fourth-order valence-electron chi connectivity index (χ4n) is 5.34. The van der Waals surface area contributed by atoms with E-state index in [4.69, 9.17) is 0 Å². The first kappa shape index (κ1) is 29.4. The van der Waals surface area contributed by atoms with Crippen molar-refractivity contribution in [3.63, 3.8) is 0 Å². The highest BCUT2D eigenvalue weighted by molar-refractivity contribution is 8.09. The van der Waals surface area contributed by atoms with Gasteiger partial charge >= 0.3 is 0 Å². The Balaban J connectivity index is 1.72. The first-order chi connectivity index (χ1) is 17.2. The summed E-state index contributed by atoms with van der Waals surface area (Å²) in [7, 11) is -8.00. The van der Waals surface area contributed by atoms with Crippen LogP contribution in [0.4, 0.5) is 5.69 Å². The molecule has 208 valence electrons. The molecule has 37 heavy (non-hydrogen) atoms. The summed E-state index contributed by atoms with van der Waals surface area (Å²) in [6.45, 7) is 8.56. The third kappa shape index (κ3) is 6.64. The van der Waals surface area contributed by atoms with E-state index in [1.165, 1.54) is 12.1 Å². The van der Waals surface area contributed by atoms with Crippen LogP contribution in [0.3, 0.4) is 0 Å². The number of hydrogen-bond donors (Lipinski definition) is 1. The molecule has 2 saturated heterocycles. The fraction of sp³-hybridized carbons (Fsp3) is 0.680. The molecule has 2 fully saturated rings. The van der Waals surface area contributed by atoms with Crippen LogP contribution in [-0.2, 0) is 36.2 Å². The summed E-state index contributed by atoms with van der Waals surface area (Å²) < 4.78 is 48.5. The predicted octanol–water partition coefficient (Wildman–Crippen LogP) is 1.92. The minimum absolute atomic E-state index is 0.0205. The molecule has 0 aromatic heterocycles. The number of carbonyl (C=O) groups excluding carboxylic acids is 2. The van der Waals surface area contributed by atoms with E-state index in [0.29, 0.717) is 55.1 Å². The molecule has 0 bridgehead atoms. The van der Waals surface area contributed by atoms with Crippen LogP contribution >= 0.6 is 0 Å². The van der Waals surface area contributed by atoms with Crippen LogP contribution in [0.5, 0.6) is 0 Å². The van der Waals surface area contributed by atoms with Gasteiger partial charge in [-0.2, -0.15) is 3.71 Å². The van der Waals surface area contributed by atoms with Crippen LogP contribution in [0.1, 0.15) is 58.4 Å². The van der Waals surface area contributed by atoms with Crippen molar-refractivity contribution in [1.29, 1.82) is 0 Å². The molecule has 2 aliphatic heterocycles. The molecule has 1 aromatic rings. The van der Waals surface area contributed by atoms with Crippen molar-refractivity contribution in [2.75, 3.05) is 35.9 Å². The van der Waals surface area contributed by atoms with Crippen molar-refractivity contribution in [2.45, 2.75) is 71.0 Å². The standard InChI is InChI=1S/C25H40N4O6S2/c1-6-7-14-28-23(30)22(17-19(2)3)26-24(31)25(28)12-15-27(16-13-25)18-20-8-10-21(11-9-20)29(36(4,32)33)37(5,34)35/h8-11,19,22H,6-7,12-18H2,1-5H3,(H,26,31)/t22-/m0/s1. The Hall–Kier alpha value is -2.18. The first-order valence-corrected chi connectivity index (χ1v) is 16.5. The van der Waals surface area contributed by atoms with Crippen LogP contribution in [-0.4, -0.2) is 82.2 Å². The molecule has 3 rings (SSSR count). The lowest BCUT2D eigenvalue weighted by atomic mass is 9.80. The van der Waals surface area contributed by atoms with Gasteiger partial charge in [0.1, 0.15) is 11.6 Å². The van der Waals surface area contributed by atoms with Gasteiger partial charge in [-0.3, -0.25) is 14.5 Å². The molecule has 0 unspecified atom stereocenters. The summed E-state index contributed by atoms with van der Waals surface area (Å²) in [5, 5.41) is 3.02. The number of amides is 2. The Morgan fingerprint density at radius 1 is 1.03 bits per heavy atom. The van der Waals surface area contributed by atoms with E-state index in [9.17, 15) is 26.4 Å². The molecule has 1 N–H and O–H groups in total. The van der Waals surface area contributed by atoms with E-state index in [1.54, 1.807) is 12.1 Å². The van der Waals surface area contributed by atoms with Crippen molar-refractivity contribution in [2.24, 2.45) is 5.92 Å². The maximum atomic E-state index is 13.4. The molecule has 1 atom stereocenters. The van der Waals surface area contributed by atoms with Crippen molar-refractivity contribution < 1.29 is 26.4 Å². The maximum absolute atomic E-state index is 13.4. The van der Waals surface area contributed by atoms with Crippen LogP contribution in [0.15, 0.2) is 24.3 Å². The minimum Gasteiger partial charge on any atom is -0.342 e. The van der Waals surface area contributed by atoms with Gasteiger partial charge in [0.2, 0.25) is 31.9 Å². The number of carbonyl (C=O) groups is 2. The van der Waals surface area contributed by atoms with Gasteiger partial charge in [0, 0.05) is 26.2 Å². The van der Waals surface area contributed by atoms with Crippen molar-refractivity contribution in [3.8, 4) is 0 Å². The van der Waals surface area contributed by atoms with E-state index in [0.717, 1.165) is 30.9 Å². The zero-order valence-electron chi connectivity index (χ0n) is 22.4. The van der Waals surface area contributed by atoms with Crippen molar-refractivity contribution in [3.05, 3.63) is 29.8 Å². The van der Waals surface area contributed by atoms with Crippen molar-refractivity contribution in [1.82, 2.24) is 15.1 Å². The Bertz CT molecular complexity index is 1160. The average Bonchev–Trinajstić information content (AvgIpc) is 2.78. The lowest BCUT2D eigenvalue weighted by molar-refractivity contribution is -0.161. The molecular formula is C25H40N4O6S2. The average molecular weight is 557 g/mol. The number of nitrogens with one attached hydrogen (secondary N) is 1. The monoisotopic (exact) mass is 556 g/mol. The smallest absolute Gasteiger partial charge is 0.246 e. The number of piperazine rings is 1. The van der Waals surface area contributed by atoms with Gasteiger partial charge in [0.25, 0.3) is 0 Å². The van der Waals surface area contributed by atoms with Crippen LogP contribution in [0, 0.1) is 5.92 Å². The second-order valence-corrected chi connectivity index (χ2v) is 14.6. The molecule has 1 aromatic carbocycles. The summed E-state index contributed by atoms with van der Waals surface area (Å²) in [6.07, 6.45) is 5.20. The van der Waals surface area contributed by atoms with E-state index < -0.39 is 31.6 Å². The number of benzene rings is 1. The van der Waals surface area contributed by atoms with Gasteiger partial charge in [0.05, 0.1) is 18.2 Å². The molecule has 0 radical (unpaired) electrons. The number of likely N-dealkylation sites (tertiary alicyclic amines) is 1. The number of anilines is 1. The normalized spacial score (nSPS) is 20.9. The van der Waals surface area contributed by atoms with Gasteiger partial charge in [-0.25, -0.2) is 16.8 Å². The molecule has 0 aliphatic carbocycles. The fourth-order valence-corrected chi connectivity index (χ4v) is 8.31. The summed E-state index contributed by atoms with van der Waals surface area (Å²) in [5.41, 5.74) is 0.128. The lowest BCUT2D eigenvalue weighted by Gasteiger charge is -2.52. The number of nitrogens with zero attached hydrogens (tertiary/aromatic N) is 3. The third-order valence-corrected chi connectivity index (χ3v) is 10.3. The third-order valence-electron chi connectivity index (χ3n) is 7.09. The molecule has 10 nitrogen and oxygen atoms in total. The zero-order valence-corrected chi connectivity index (χ0v) is 24.1. The SMILES string of the molecule is CCCCN1C(=O)[C@H](CC(C)C)NC(=O)C12CCN(Cc1ccc(N(S(C)(=O)=O)S(C)(=O)=O)cc1)CC2. The molecule has 12 heteroatoms. The van der Waals surface area contributed by atoms with Crippen LogP contribution < -0.4 is 9.03 Å². The largest absolute Gasteiger partial charge is 0.342 e. The number of sulfonamides is 2. The number of piperidine rings is 1. The quantitative estimate of drug-likeness (QED) is 0.467. The summed E-state index contributed by atoms with van der Waals surface area (Å²) in [6, 6.07) is 5.92. The van der Waals surface area contributed by atoms with Crippen LogP contribution in [0.2, 0.25) is 0 Å². The minimum atomic E-state index is -4.00. The Morgan fingerprint density at radius 3 is 2.08 bits per heavy atom. The lowest BCUT2D eigenvalue weighted by Crippen LogP contribution is -2.73. The Labute approximate surface area is 221 Å².